The Morgan fingerprint density at radius 2 is 1.93 bits per heavy atom. The fourth-order valence-electron chi connectivity index (χ4n) is 1.26. The van der Waals surface area contributed by atoms with Crippen molar-refractivity contribution in [2.45, 2.75) is 39.3 Å². The maximum atomic E-state index is 5.85. The lowest BCUT2D eigenvalue weighted by atomic mass is 10.1. The minimum absolute atomic E-state index is 0.0234. The van der Waals surface area contributed by atoms with Crippen molar-refractivity contribution in [2.75, 3.05) is 0 Å². The molecule has 0 amide bonds. The minimum atomic E-state index is 0.0234. The van der Waals surface area contributed by atoms with Gasteiger partial charge in [0.2, 0.25) is 0 Å². The molecule has 1 aromatic rings. The number of nitrogens with two attached hydrogens (primary N) is 1. The smallest absolute Gasteiger partial charge is 0.124 e. The van der Waals surface area contributed by atoms with Crippen molar-refractivity contribution in [3.63, 3.8) is 0 Å². The summed E-state index contributed by atoms with van der Waals surface area (Å²) in [6.45, 7) is 6.15. The predicted molar refractivity (Wildman–Crippen MR) is 59.4 cm³/mol. The Morgan fingerprint density at radius 1 is 1.29 bits per heavy atom. The minimum Gasteiger partial charge on any atom is -0.490 e. The van der Waals surface area contributed by atoms with Gasteiger partial charge in [0.1, 0.15) is 5.75 Å². The Labute approximate surface area is 86.1 Å². The van der Waals surface area contributed by atoms with Gasteiger partial charge in [0.15, 0.2) is 0 Å². The molecule has 0 bridgehead atoms. The topological polar surface area (TPSA) is 35.2 Å². The molecule has 0 heterocycles. The maximum absolute atomic E-state index is 5.85. The summed E-state index contributed by atoms with van der Waals surface area (Å²) in [6, 6.07) is 7.98. The predicted octanol–water partition coefficient (Wildman–Crippen LogP) is 2.88. The van der Waals surface area contributed by atoms with Gasteiger partial charge in [-0.3, -0.25) is 0 Å². The number of ether oxygens (including phenoxy) is 1. The number of hydrogen-bond donors (Lipinski definition) is 1. The molecule has 0 fully saturated rings. The van der Waals surface area contributed by atoms with E-state index < -0.39 is 0 Å². The van der Waals surface area contributed by atoms with Crippen molar-refractivity contribution in [3.05, 3.63) is 29.8 Å². The Morgan fingerprint density at radius 3 is 2.50 bits per heavy atom. The van der Waals surface area contributed by atoms with Crippen LogP contribution in [-0.2, 0) is 0 Å². The molecule has 0 aliphatic heterocycles. The first-order valence-electron chi connectivity index (χ1n) is 5.16. The zero-order valence-electron chi connectivity index (χ0n) is 9.16. The van der Waals surface area contributed by atoms with Crippen molar-refractivity contribution >= 4 is 0 Å². The summed E-state index contributed by atoms with van der Waals surface area (Å²) in [6.07, 6.45) is 1.25. The number of benzene rings is 1. The first-order chi connectivity index (χ1) is 6.65. The van der Waals surface area contributed by atoms with Gasteiger partial charge in [0.25, 0.3) is 0 Å². The lowest BCUT2D eigenvalue weighted by molar-refractivity contribution is 0.214. The van der Waals surface area contributed by atoms with Gasteiger partial charge in [-0.1, -0.05) is 25.1 Å². The van der Waals surface area contributed by atoms with E-state index in [2.05, 4.69) is 13.8 Å². The van der Waals surface area contributed by atoms with Crippen LogP contribution >= 0.6 is 0 Å². The standard InChI is InChI=1S/C12H19NO/c1-4-9(2)14-12-8-6-5-7-11(12)10(3)13/h5-10H,4,13H2,1-3H3/t9?,10-/m0/s1. The molecule has 0 spiro atoms. The van der Waals surface area contributed by atoms with E-state index in [1.165, 1.54) is 0 Å². The van der Waals surface area contributed by atoms with E-state index in [1.807, 2.05) is 31.2 Å². The number of hydrogen-bond acceptors (Lipinski definition) is 2. The van der Waals surface area contributed by atoms with Crippen LogP contribution in [0, 0.1) is 0 Å². The van der Waals surface area contributed by atoms with Gasteiger partial charge >= 0.3 is 0 Å². The van der Waals surface area contributed by atoms with Crippen LogP contribution in [0.5, 0.6) is 5.75 Å². The molecule has 2 nitrogen and oxygen atoms in total. The fraction of sp³-hybridized carbons (Fsp3) is 0.500. The van der Waals surface area contributed by atoms with Crippen LogP contribution in [0.2, 0.25) is 0 Å². The second-order valence-corrected chi connectivity index (χ2v) is 3.66. The van der Waals surface area contributed by atoms with Crippen LogP contribution in [0.1, 0.15) is 38.8 Å². The molecule has 2 atom stereocenters. The van der Waals surface area contributed by atoms with E-state index >= 15 is 0 Å². The van der Waals surface area contributed by atoms with Crippen LogP contribution in [0.25, 0.3) is 0 Å². The second-order valence-electron chi connectivity index (χ2n) is 3.66. The van der Waals surface area contributed by atoms with E-state index in [0.29, 0.717) is 0 Å². The highest BCUT2D eigenvalue weighted by Gasteiger charge is 2.08. The van der Waals surface area contributed by atoms with Crippen molar-refractivity contribution in [2.24, 2.45) is 5.73 Å². The van der Waals surface area contributed by atoms with Crippen molar-refractivity contribution in [1.29, 1.82) is 0 Å². The summed E-state index contributed by atoms with van der Waals surface area (Å²) in [5.74, 6) is 0.914. The van der Waals surface area contributed by atoms with Crippen LogP contribution in [0.3, 0.4) is 0 Å². The summed E-state index contributed by atoms with van der Waals surface area (Å²) < 4.78 is 5.78. The Kier molecular flexibility index (Phi) is 3.96. The van der Waals surface area contributed by atoms with E-state index in [9.17, 15) is 0 Å². The Bertz CT molecular complexity index is 283. The average molecular weight is 193 g/mol. The molecule has 1 rings (SSSR count). The first-order valence-corrected chi connectivity index (χ1v) is 5.16. The molecule has 14 heavy (non-hydrogen) atoms. The van der Waals surface area contributed by atoms with Crippen molar-refractivity contribution < 1.29 is 4.74 Å². The summed E-state index contributed by atoms with van der Waals surface area (Å²) >= 11 is 0. The van der Waals surface area contributed by atoms with Crippen LogP contribution in [-0.4, -0.2) is 6.10 Å². The lowest BCUT2D eigenvalue weighted by Crippen LogP contribution is -2.13. The van der Waals surface area contributed by atoms with Crippen molar-refractivity contribution in [1.82, 2.24) is 0 Å². The zero-order valence-corrected chi connectivity index (χ0v) is 9.16. The van der Waals surface area contributed by atoms with Crippen LogP contribution in [0.15, 0.2) is 24.3 Å². The molecular formula is C12H19NO. The van der Waals surface area contributed by atoms with Gasteiger partial charge in [-0.25, -0.2) is 0 Å². The molecule has 1 aromatic carbocycles. The van der Waals surface area contributed by atoms with Gasteiger partial charge in [-0.15, -0.1) is 0 Å². The normalized spacial score (nSPS) is 14.9. The molecule has 0 aliphatic carbocycles. The summed E-state index contributed by atoms with van der Waals surface area (Å²) in [4.78, 5) is 0. The van der Waals surface area contributed by atoms with E-state index in [4.69, 9.17) is 10.5 Å². The molecule has 2 heteroatoms. The molecule has 1 unspecified atom stereocenters. The van der Waals surface area contributed by atoms with E-state index in [0.717, 1.165) is 17.7 Å². The third-order valence-electron chi connectivity index (χ3n) is 2.31. The quantitative estimate of drug-likeness (QED) is 0.798. The highest BCUT2D eigenvalue weighted by atomic mass is 16.5. The van der Waals surface area contributed by atoms with Gasteiger partial charge < -0.3 is 10.5 Å². The molecule has 0 saturated carbocycles. The molecule has 0 aliphatic rings. The third-order valence-corrected chi connectivity index (χ3v) is 2.31. The number of para-hydroxylation sites is 1. The zero-order chi connectivity index (χ0) is 10.6. The summed E-state index contributed by atoms with van der Waals surface area (Å²) in [5.41, 5.74) is 6.93. The second kappa shape index (κ2) is 5.01. The van der Waals surface area contributed by atoms with Gasteiger partial charge in [-0.2, -0.15) is 0 Å². The molecule has 0 saturated heterocycles. The Balaban J connectivity index is 2.84. The average Bonchev–Trinajstić information content (AvgIpc) is 2.18. The third kappa shape index (κ3) is 2.74. The largest absolute Gasteiger partial charge is 0.490 e. The monoisotopic (exact) mass is 193 g/mol. The van der Waals surface area contributed by atoms with E-state index in [-0.39, 0.29) is 12.1 Å². The molecule has 0 aromatic heterocycles. The summed E-state index contributed by atoms with van der Waals surface area (Å²) in [7, 11) is 0. The molecular weight excluding hydrogens is 174 g/mol. The summed E-state index contributed by atoms with van der Waals surface area (Å²) in [5, 5.41) is 0. The fourth-order valence-corrected chi connectivity index (χ4v) is 1.26. The van der Waals surface area contributed by atoms with Crippen molar-refractivity contribution in [3.8, 4) is 5.75 Å². The van der Waals surface area contributed by atoms with E-state index in [1.54, 1.807) is 0 Å². The number of rotatable bonds is 4. The highest BCUT2D eigenvalue weighted by Crippen LogP contribution is 2.24. The highest BCUT2D eigenvalue weighted by molar-refractivity contribution is 5.35. The van der Waals surface area contributed by atoms with Crippen LogP contribution < -0.4 is 10.5 Å². The lowest BCUT2D eigenvalue weighted by Gasteiger charge is -2.17. The maximum Gasteiger partial charge on any atom is 0.124 e. The molecule has 0 radical (unpaired) electrons. The SMILES string of the molecule is CCC(C)Oc1ccccc1[C@H](C)N. The van der Waals surface area contributed by atoms with Gasteiger partial charge in [0, 0.05) is 11.6 Å². The molecule has 78 valence electrons. The van der Waals surface area contributed by atoms with Crippen LogP contribution in [0.4, 0.5) is 0 Å². The Hall–Kier alpha value is -1.02. The first kappa shape index (κ1) is 11.1. The van der Waals surface area contributed by atoms with Gasteiger partial charge in [0.05, 0.1) is 6.10 Å². The molecule has 2 N–H and O–H groups in total. The van der Waals surface area contributed by atoms with Gasteiger partial charge in [-0.05, 0) is 26.3 Å².